The van der Waals surface area contributed by atoms with Gasteiger partial charge in [-0.3, -0.25) is 0 Å². The van der Waals surface area contributed by atoms with Crippen molar-refractivity contribution in [3.05, 3.63) is 47.4 Å². The molecule has 0 aliphatic heterocycles. The third kappa shape index (κ3) is 4.44. The maximum absolute atomic E-state index is 12.9. The molecule has 0 heterocycles. The van der Waals surface area contributed by atoms with Crippen LogP contribution in [0, 0.1) is 6.92 Å². The summed E-state index contributed by atoms with van der Waals surface area (Å²) in [6.07, 6.45) is -5.28. The topological polar surface area (TPSA) is 18.5 Å². The van der Waals surface area contributed by atoms with Gasteiger partial charge in [-0.1, -0.05) is 13.8 Å². The number of benzene rings is 1. The minimum absolute atomic E-state index is 0.0999. The lowest BCUT2D eigenvalue weighted by Gasteiger charge is -2.16. The molecular formula is C14H12F6O2. The monoisotopic (exact) mass is 326 g/mol. The fraction of sp³-hybridized carbons (Fsp3) is 0.286. The van der Waals surface area contributed by atoms with E-state index in [-0.39, 0.29) is 28.5 Å². The minimum atomic E-state index is -2.64. The summed E-state index contributed by atoms with van der Waals surface area (Å²) in [5, 5.41) is 0. The molecule has 0 amide bonds. The van der Waals surface area contributed by atoms with E-state index in [4.69, 9.17) is 0 Å². The number of hydrogen-bond donors (Lipinski definition) is 0. The van der Waals surface area contributed by atoms with E-state index >= 15 is 0 Å². The Morgan fingerprint density at radius 2 is 1.27 bits per heavy atom. The van der Waals surface area contributed by atoms with Crippen molar-refractivity contribution in [3.63, 3.8) is 0 Å². The highest BCUT2D eigenvalue weighted by molar-refractivity contribution is 5.48. The second kappa shape index (κ2) is 7.24. The second-order valence-corrected chi connectivity index (χ2v) is 4.58. The third-order valence-electron chi connectivity index (χ3n) is 2.63. The molecule has 22 heavy (non-hydrogen) atoms. The Balaban J connectivity index is 3.30. The zero-order valence-electron chi connectivity index (χ0n) is 11.8. The molecule has 0 aromatic heterocycles. The van der Waals surface area contributed by atoms with Crippen molar-refractivity contribution in [2.75, 3.05) is 0 Å². The van der Waals surface area contributed by atoms with Crippen molar-refractivity contribution in [1.82, 2.24) is 0 Å². The van der Waals surface area contributed by atoms with E-state index in [1.807, 2.05) is 0 Å². The number of hydrogen-bond acceptors (Lipinski definition) is 2. The Labute approximate surface area is 122 Å². The Hall–Kier alpha value is -2.12. The van der Waals surface area contributed by atoms with E-state index in [2.05, 4.69) is 9.47 Å². The van der Waals surface area contributed by atoms with Crippen molar-refractivity contribution >= 4 is 0 Å². The van der Waals surface area contributed by atoms with E-state index in [9.17, 15) is 26.3 Å². The van der Waals surface area contributed by atoms with Gasteiger partial charge in [-0.15, -0.1) is 0 Å². The molecule has 0 bridgehead atoms. The summed E-state index contributed by atoms with van der Waals surface area (Å²) in [5.41, 5.74) is 0.284. The van der Waals surface area contributed by atoms with Gasteiger partial charge in [0.2, 0.25) is 0 Å². The summed E-state index contributed by atoms with van der Waals surface area (Å²) >= 11 is 0. The Morgan fingerprint density at radius 1 is 0.818 bits per heavy atom. The molecule has 2 nitrogen and oxygen atoms in total. The minimum Gasteiger partial charge on any atom is -0.428 e. The van der Waals surface area contributed by atoms with Gasteiger partial charge in [-0.25, -0.2) is 0 Å². The van der Waals surface area contributed by atoms with Crippen LogP contribution in [0.5, 0.6) is 11.5 Å². The number of rotatable bonds is 5. The Bertz CT molecular complexity index is 614. The quantitative estimate of drug-likeness (QED) is 0.492. The zero-order valence-corrected chi connectivity index (χ0v) is 11.8. The van der Waals surface area contributed by atoms with Crippen LogP contribution in [0.15, 0.2) is 36.3 Å². The smallest absolute Gasteiger partial charge is 0.344 e. The van der Waals surface area contributed by atoms with E-state index < -0.39 is 24.2 Å². The SMILES string of the molecule is Cc1cc(OC(F)=C(F)F)c(C(C)C)cc1OC(F)=C(F)F. The molecule has 0 aliphatic rings. The molecule has 0 spiro atoms. The average Bonchev–Trinajstić information content (AvgIpc) is 2.40. The van der Waals surface area contributed by atoms with Gasteiger partial charge < -0.3 is 9.47 Å². The molecule has 0 saturated carbocycles. The molecule has 1 rings (SSSR count). The first-order valence-electron chi connectivity index (χ1n) is 6.05. The highest BCUT2D eigenvalue weighted by Gasteiger charge is 2.18. The van der Waals surface area contributed by atoms with Crippen LogP contribution < -0.4 is 9.47 Å². The lowest BCUT2D eigenvalue weighted by Crippen LogP contribution is -2.01. The second-order valence-electron chi connectivity index (χ2n) is 4.58. The first kappa shape index (κ1) is 17.9. The molecule has 8 heteroatoms. The standard InChI is InChI=1S/C14H12F6O2/c1-6(2)8-5-9(21-13(19)11(15)16)7(3)4-10(8)22-14(20)12(17)18/h4-6H,1-3H3. The normalized spacial score (nSPS) is 10.5. The number of ether oxygens (including phenoxy) is 2. The van der Waals surface area contributed by atoms with Gasteiger partial charge in [0.1, 0.15) is 11.5 Å². The maximum Gasteiger partial charge on any atom is 0.344 e. The maximum atomic E-state index is 12.9. The number of aryl methyl sites for hydroxylation is 1. The lowest BCUT2D eigenvalue weighted by molar-refractivity contribution is 0.234. The van der Waals surface area contributed by atoms with Gasteiger partial charge in [0.05, 0.1) is 0 Å². The van der Waals surface area contributed by atoms with E-state index in [1.165, 1.54) is 6.92 Å². The summed E-state index contributed by atoms with van der Waals surface area (Å²) in [6, 6.07) is -1.93. The molecule has 0 saturated heterocycles. The highest BCUT2D eigenvalue weighted by Crippen LogP contribution is 2.36. The van der Waals surface area contributed by atoms with Gasteiger partial charge in [0.25, 0.3) is 0 Å². The van der Waals surface area contributed by atoms with Crippen LogP contribution in [0.3, 0.4) is 0 Å². The Morgan fingerprint density at radius 3 is 1.68 bits per heavy atom. The summed E-state index contributed by atoms with van der Waals surface area (Å²) in [4.78, 5) is 0. The average molecular weight is 326 g/mol. The van der Waals surface area contributed by atoms with Crippen molar-refractivity contribution in [1.29, 1.82) is 0 Å². The van der Waals surface area contributed by atoms with Crippen molar-refractivity contribution in [2.24, 2.45) is 0 Å². The third-order valence-corrected chi connectivity index (χ3v) is 2.63. The predicted molar refractivity (Wildman–Crippen MR) is 67.2 cm³/mol. The van der Waals surface area contributed by atoms with E-state index in [1.54, 1.807) is 13.8 Å². The molecular weight excluding hydrogens is 314 g/mol. The molecule has 0 aliphatic carbocycles. The van der Waals surface area contributed by atoms with Crippen LogP contribution in [0.25, 0.3) is 0 Å². The lowest BCUT2D eigenvalue weighted by atomic mass is 10.00. The molecule has 0 unspecified atom stereocenters. The summed E-state index contributed by atoms with van der Waals surface area (Å²) in [7, 11) is 0. The van der Waals surface area contributed by atoms with Gasteiger partial charge in [-0.05, 0) is 30.5 Å². The zero-order chi connectivity index (χ0) is 17.0. The van der Waals surface area contributed by atoms with Crippen molar-refractivity contribution < 1.29 is 35.8 Å². The molecule has 122 valence electrons. The van der Waals surface area contributed by atoms with Crippen molar-refractivity contribution in [3.8, 4) is 11.5 Å². The largest absolute Gasteiger partial charge is 0.428 e. The first-order valence-corrected chi connectivity index (χ1v) is 6.05. The van der Waals surface area contributed by atoms with Gasteiger partial charge in [0, 0.05) is 5.56 Å². The summed E-state index contributed by atoms with van der Waals surface area (Å²) in [6.45, 7) is 4.58. The van der Waals surface area contributed by atoms with Crippen LogP contribution in [-0.2, 0) is 0 Å². The molecule has 0 radical (unpaired) electrons. The van der Waals surface area contributed by atoms with Crippen LogP contribution in [0.1, 0.15) is 30.9 Å². The first-order chi connectivity index (χ1) is 10.1. The molecule has 0 atom stereocenters. The van der Waals surface area contributed by atoms with Gasteiger partial charge >= 0.3 is 24.2 Å². The fourth-order valence-corrected chi connectivity index (χ4v) is 1.60. The number of halogens is 6. The highest BCUT2D eigenvalue weighted by atomic mass is 19.3. The van der Waals surface area contributed by atoms with E-state index in [0.29, 0.717) is 0 Å². The van der Waals surface area contributed by atoms with Crippen LogP contribution >= 0.6 is 0 Å². The van der Waals surface area contributed by atoms with Crippen LogP contribution in [0.4, 0.5) is 26.3 Å². The van der Waals surface area contributed by atoms with Crippen LogP contribution in [-0.4, -0.2) is 0 Å². The van der Waals surface area contributed by atoms with E-state index in [0.717, 1.165) is 12.1 Å². The summed E-state index contributed by atoms with van der Waals surface area (Å²) in [5.74, 6) is -0.850. The van der Waals surface area contributed by atoms with Crippen LogP contribution in [0.2, 0.25) is 0 Å². The van der Waals surface area contributed by atoms with Gasteiger partial charge in [0.15, 0.2) is 0 Å². The molecule has 1 aromatic carbocycles. The molecule has 0 fully saturated rings. The van der Waals surface area contributed by atoms with Crippen molar-refractivity contribution in [2.45, 2.75) is 26.7 Å². The molecule has 1 aromatic rings. The predicted octanol–water partition coefficient (Wildman–Crippen LogP) is 5.95. The fourth-order valence-electron chi connectivity index (χ4n) is 1.60. The molecule has 0 N–H and O–H groups in total. The Kier molecular flexibility index (Phi) is 5.90. The van der Waals surface area contributed by atoms with Gasteiger partial charge in [-0.2, -0.15) is 26.3 Å². The summed E-state index contributed by atoms with van der Waals surface area (Å²) < 4.78 is 82.9.